The second kappa shape index (κ2) is 5.42. The Balaban J connectivity index is 1.93. The third-order valence-electron chi connectivity index (χ3n) is 3.16. The van der Waals surface area contributed by atoms with Crippen LogP contribution in [0.15, 0.2) is 42.5 Å². The Morgan fingerprint density at radius 1 is 1.19 bits per heavy atom. The third kappa shape index (κ3) is 2.66. The van der Waals surface area contributed by atoms with Gasteiger partial charge in [-0.2, -0.15) is 5.10 Å². The molecule has 0 aliphatic carbocycles. The second-order valence-corrected chi connectivity index (χ2v) is 4.94. The number of nitrogens with zero attached hydrogens (tertiary/aromatic N) is 1. The Labute approximate surface area is 125 Å². The van der Waals surface area contributed by atoms with Gasteiger partial charge in [0, 0.05) is 5.39 Å². The SMILES string of the molecule is O=C(O)c1ccc(C=Cc2n[nH]c3ccccc23)cc1Cl. The summed E-state index contributed by atoms with van der Waals surface area (Å²) < 4.78 is 0. The molecular formula is C16H11ClN2O2. The van der Waals surface area contributed by atoms with E-state index in [-0.39, 0.29) is 10.6 Å². The largest absolute Gasteiger partial charge is 0.478 e. The molecule has 5 heteroatoms. The molecule has 2 N–H and O–H groups in total. The molecule has 0 unspecified atom stereocenters. The summed E-state index contributed by atoms with van der Waals surface area (Å²) in [6, 6.07) is 12.7. The molecule has 0 bridgehead atoms. The van der Waals surface area contributed by atoms with Gasteiger partial charge in [0.15, 0.2) is 0 Å². The van der Waals surface area contributed by atoms with Gasteiger partial charge in [-0.05, 0) is 29.8 Å². The molecule has 3 aromatic rings. The first-order valence-corrected chi connectivity index (χ1v) is 6.67. The molecule has 0 fully saturated rings. The number of rotatable bonds is 3. The minimum atomic E-state index is -1.03. The first-order chi connectivity index (χ1) is 10.1. The van der Waals surface area contributed by atoms with Crippen molar-refractivity contribution in [2.75, 3.05) is 0 Å². The lowest BCUT2D eigenvalue weighted by Crippen LogP contribution is -1.96. The number of para-hydroxylation sites is 1. The van der Waals surface area contributed by atoms with Crippen molar-refractivity contribution in [3.05, 3.63) is 64.3 Å². The Morgan fingerprint density at radius 3 is 2.76 bits per heavy atom. The normalized spacial score (nSPS) is 11.3. The van der Waals surface area contributed by atoms with E-state index in [0.717, 1.165) is 22.2 Å². The molecule has 4 nitrogen and oxygen atoms in total. The van der Waals surface area contributed by atoms with Gasteiger partial charge in [-0.1, -0.05) is 41.9 Å². The van der Waals surface area contributed by atoms with Crippen molar-refractivity contribution < 1.29 is 9.90 Å². The van der Waals surface area contributed by atoms with Gasteiger partial charge in [0.2, 0.25) is 0 Å². The van der Waals surface area contributed by atoms with Gasteiger partial charge in [-0.3, -0.25) is 5.10 Å². The average molecular weight is 299 g/mol. The van der Waals surface area contributed by atoms with Gasteiger partial charge in [0.1, 0.15) is 0 Å². The van der Waals surface area contributed by atoms with Crippen LogP contribution in [0.3, 0.4) is 0 Å². The maximum absolute atomic E-state index is 10.9. The predicted octanol–water partition coefficient (Wildman–Crippen LogP) is 4.08. The van der Waals surface area contributed by atoms with Crippen molar-refractivity contribution in [2.24, 2.45) is 0 Å². The summed E-state index contributed by atoms with van der Waals surface area (Å²) in [5.74, 6) is -1.03. The van der Waals surface area contributed by atoms with Crippen molar-refractivity contribution in [2.45, 2.75) is 0 Å². The van der Waals surface area contributed by atoms with E-state index in [0.29, 0.717) is 0 Å². The number of hydrogen-bond donors (Lipinski definition) is 2. The van der Waals surface area contributed by atoms with Crippen molar-refractivity contribution in [3.63, 3.8) is 0 Å². The van der Waals surface area contributed by atoms with Gasteiger partial charge in [0.05, 0.1) is 21.8 Å². The quantitative estimate of drug-likeness (QED) is 0.765. The summed E-state index contributed by atoms with van der Waals surface area (Å²) in [5, 5.41) is 17.4. The maximum atomic E-state index is 10.9. The lowest BCUT2D eigenvalue weighted by atomic mass is 10.1. The number of fused-ring (bicyclic) bond motifs is 1. The topological polar surface area (TPSA) is 66.0 Å². The van der Waals surface area contributed by atoms with Gasteiger partial charge in [-0.25, -0.2) is 4.79 Å². The van der Waals surface area contributed by atoms with Crippen LogP contribution in [0.1, 0.15) is 21.6 Å². The van der Waals surface area contributed by atoms with Gasteiger partial charge >= 0.3 is 5.97 Å². The van der Waals surface area contributed by atoms with Crippen LogP contribution in [0, 0.1) is 0 Å². The van der Waals surface area contributed by atoms with E-state index in [9.17, 15) is 4.79 Å². The molecule has 0 saturated heterocycles. The number of carboxylic acids is 1. The number of aromatic amines is 1. The van der Waals surface area contributed by atoms with Crippen LogP contribution in [-0.4, -0.2) is 21.3 Å². The zero-order valence-corrected chi connectivity index (χ0v) is 11.6. The van der Waals surface area contributed by atoms with Crippen LogP contribution in [0.5, 0.6) is 0 Å². The van der Waals surface area contributed by atoms with E-state index in [2.05, 4.69) is 10.2 Å². The van der Waals surface area contributed by atoms with Gasteiger partial charge in [0.25, 0.3) is 0 Å². The summed E-state index contributed by atoms with van der Waals surface area (Å²) in [6.07, 6.45) is 3.71. The molecule has 0 saturated carbocycles. The number of halogens is 1. The zero-order valence-electron chi connectivity index (χ0n) is 10.9. The van der Waals surface area contributed by atoms with Crippen molar-refractivity contribution in [1.29, 1.82) is 0 Å². The molecule has 0 radical (unpaired) electrons. The van der Waals surface area contributed by atoms with E-state index in [1.54, 1.807) is 12.1 Å². The predicted molar refractivity (Wildman–Crippen MR) is 83.4 cm³/mol. The molecule has 0 spiro atoms. The summed E-state index contributed by atoms with van der Waals surface area (Å²) >= 11 is 5.94. The third-order valence-corrected chi connectivity index (χ3v) is 3.47. The second-order valence-electron chi connectivity index (χ2n) is 4.53. The molecule has 21 heavy (non-hydrogen) atoms. The van der Waals surface area contributed by atoms with Crippen LogP contribution >= 0.6 is 11.6 Å². The first kappa shape index (κ1) is 13.4. The Morgan fingerprint density at radius 2 is 2.00 bits per heavy atom. The van der Waals surface area contributed by atoms with Crippen molar-refractivity contribution in [3.8, 4) is 0 Å². The zero-order chi connectivity index (χ0) is 14.8. The Bertz CT molecular complexity index is 852. The number of H-pyrrole nitrogens is 1. The highest BCUT2D eigenvalue weighted by Gasteiger charge is 2.08. The number of aromatic nitrogens is 2. The van der Waals surface area contributed by atoms with Gasteiger partial charge < -0.3 is 5.11 Å². The number of nitrogens with one attached hydrogen (secondary N) is 1. The van der Waals surface area contributed by atoms with Crippen LogP contribution in [0.4, 0.5) is 0 Å². The van der Waals surface area contributed by atoms with Crippen molar-refractivity contribution in [1.82, 2.24) is 10.2 Å². The molecule has 0 aliphatic rings. The Hall–Kier alpha value is -2.59. The van der Waals surface area contributed by atoms with Crippen LogP contribution in [-0.2, 0) is 0 Å². The smallest absolute Gasteiger partial charge is 0.337 e. The molecule has 3 rings (SSSR count). The average Bonchev–Trinajstić information content (AvgIpc) is 2.88. The summed E-state index contributed by atoms with van der Waals surface area (Å²) in [6.45, 7) is 0. The number of carboxylic acid groups (broad SMARTS) is 1. The lowest BCUT2D eigenvalue weighted by molar-refractivity contribution is 0.0697. The fraction of sp³-hybridized carbons (Fsp3) is 0. The number of carbonyl (C=O) groups is 1. The highest BCUT2D eigenvalue weighted by Crippen LogP contribution is 2.21. The summed E-state index contributed by atoms with van der Waals surface area (Å²) in [5.41, 5.74) is 2.71. The number of aromatic carboxylic acids is 1. The molecule has 0 atom stereocenters. The van der Waals surface area contributed by atoms with Crippen LogP contribution in [0.2, 0.25) is 5.02 Å². The molecule has 1 heterocycles. The van der Waals surface area contributed by atoms with Crippen molar-refractivity contribution >= 4 is 40.6 Å². The standard InChI is InChI=1S/C16H11ClN2O2/c17-13-9-10(5-7-11(13)16(20)21)6-8-15-12-3-1-2-4-14(12)18-19-15/h1-9H,(H,18,19)(H,20,21). The highest BCUT2D eigenvalue weighted by atomic mass is 35.5. The summed E-state index contributed by atoms with van der Waals surface area (Å²) in [7, 11) is 0. The van der Waals surface area contributed by atoms with Crippen LogP contribution < -0.4 is 0 Å². The first-order valence-electron chi connectivity index (χ1n) is 6.29. The molecular weight excluding hydrogens is 288 g/mol. The molecule has 1 aromatic heterocycles. The fourth-order valence-electron chi connectivity index (χ4n) is 2.10. The van der Waals surface area contributed by atoms with E-state index in [1.807, 2.05) is 36.4 Å². The minimum Gasteiger partial charge on any atom is -0.478 e. The Kier molecular flexibility index (Phi) is 3.46. The molecule has 104 valence electrons. The monoisotopic (exact) mass is 298 g/mol. The molecule has 2 aromatic carbocycles. The number of benzene rings is 2. The van der Waals surface area contributed by atoms with E-state index < -0.39 is 5.97 Å². The lowest BCUT2D eigenvalue weighted by Gasteiger charge is -1.99. The molecule has 0 aliphatic heterocycles. The maximum Gasteiger partial charge on any atom is 0.337 e. The van der Waals surface area contributed by atoms with Gasteiger partial charge in [-0.15, -0.1) is 0 Å². The van der Waals surface area contributed by atoms with E-state index in [4.69, 9.17) is 16.7 Å². The fourth-order valence-corrected chi connectivity index (χ4v) is 2.37. The number of hydrogen-bond acceptors (Lipinski definition) is 2. The van der Waals surface area contributed by atoms with Crippen LogP contribution in [0.25, 0.3) is 23.1 Å². The molecule has 0 amide bonds. The van der Waals surface area contributed by atoms with E-state index >= 15 is 0 Å². The van der Waals surface area contributed by atoms with E-state index in [1.165, 1.54) is 6.07 Å². The highest BCUT2D eigenvalue weighted by molar-refractivity contribution is 6.33. The minimum absolute atomic E-state index is 0.0963. The summed E-state index contributed by atoms with van der Waals surface area (Å²) in [4.78, 5) is 10.9.